The fraction of sp³-hybridized carbons (Fsp3) is 0.280. The maximum Gasteiger partial charge on any atom is 0.404 e. The maximum absolute atomic E-state index is 13.1. The zero-order valence-electron chi connectivity index (χ0n) is 18.9. The van der Waals surface area contributed by atoms with Crippen LogP contribution in [0.2, 0.25) is 5.02 Å². The van der Waals surface area contributed by atoms with Gasteiger partial charge in [0.1, 0.15) is 17.3 Å². The minimum absolute atomic E-state index is 0.0618. The van der Waals surface area contributed by atoms with Gasteiger partial charge in [-0.3, -0.25) is 9.48 Å². The molecular formula is C25H23ClFN5O3. The van der Waals surface area contributed by atoms with Crippen molar-refractivity contribution in [1.82, 2.24) is 20.1 Å². The molecule has 0 radical (unpaired) electrons. The van der Waals surface area contributed by atoms with E-state index in [1.54, 1.807) is 36.0 Å². The average Bonchev–Trinajstić information content (AvgIpc) is 3.22. The van der Waals surface area contributed by atoms with Crippen molar-refractivity contribution >= 4 is 29.4 Å². The molecule has 1 aliphatic carbocycles. The second-order valence-electron chi connectivity index (χ2n) is 8.34. The normalized spacial score (nSPS) is 17.2. The van der Waals surface area contributed by atoms with Crippen LogP contribution in [0.4, 0.5) is 15.0 Å². The lowest BCUT2D eigenvalue weighted by Crippen LogP contribution is -2.37. The van der Waals surface area contributed by atoms with Gasteiger partial charge < -0.3 is 15.7 Å². The number of anilines is 1. The first-order chi connectivity index (χ1) is 16.8. The number of nitrogens with zero attached hydrogens (tertiary/aromatic N) is 3. The third-order valence-corrected chi connectivity index (χ3v) is 6.12. The zero-order chi connectivity index (χ0) is 24.9. The number of rotatable bonds is 4. The molecule has 0 spiro atoms. The first-order valence-electron chi connectivity index (χ1n) is 11.1. The van der Waals surface area contributed by atoms with Crippen LogP contribution in [0, 0.1) is 24.6 Å². The molecule has 0 unspecified atom stereocenters. The number of benzene rings is 1. The van der Waals surface area contributed by atoms with Gasteiger partial charge in [-0.2, -0.15) is 5.10 Å². The number of aromatic nitrogens is 3. The maximum atomic E-state index is 13.1. The van der Waals surface area contributed by atoms with Crippen molar-refractivity contribution in [2.75, 3.05) is 5.32 Å². The van der Waals surface area contributed by atoms with E-state index in [0.717, 1.165) is 0 Å². The molecule has 2 aromatic heterocycles. The summed E-state index contributed by atoms with van der Waals surface area (Å²) in [4.78, 5) is 28.3. The Kier molecular flexibility index (Phi) is 7.32. The fourth-order valence-electron chi connectivity index (χ4n) is 4.09. The minimum atomic E-state index is -1.04. The van der Waals surface area contributed by atoms with Gasteiger partial charge in [0.15, 0.2) is 0 Å². The summed E-state index contributed by atoms with van der Waals surface area (Å²) in [6.07, 6.45) is 4.59. The van der Waals surface area contributed by atoms with Crippen molar-refractivity contribution in [3.8, 4) is 11.8 Å². The second kappa shape index (κ2) is 10.6. The summed E-state index contributed by atoms with van der Waals surface area (Å²) in [7, 11) is 0. The summed E-state index contributed by atoms with van der Waals surface area (Å²) >= 11 is 6.30. The van der Waals surface area contributed by atoms with Crippen LogP contribution < -0.4 is 10.6 Å². The van der Waals surface area contributed by atoms with Gasteiger partial charge in [-0.1, -0.05) is 23.4 Å². The highest BCUT2D eigenvalue weighted by Crippen LogP contribution is 2.31. The summed E-state index contributed by atoms with van der Waals surface area (Å²) in [6.45, 7) is 1.81. The number of halogens is 2. The number of hydrogen-bond acceptors (Lipinski definition) is 4. The van der Waals surface area contributed by atoms with E-state index in [9.17, 15) is 14.0 Å². The molecule has 2 amide bonds. The van der Waals surface area contributed by atoms with Crippen LogP contribution in [0.5, 0.6) is 0 Å². The van der Waals surface area contributed by atoms with Crippen LogP contribution in [0.25, 0.3) is 0 Å². The number of nitrogens with one attached hydrogen (secondary N) is 2. The van der Waals surface area contributed by atoms with Crippen LogP contribution in [-0.2, 0) is 0 Å². The highest BCUT2D eigenvalue weighted by molar-refractivity contribution is 6.34. The zero-order valence-corrected chi connectivity index (χ0v) is 19.6. The SMILES string of the molecule is Cc1cc(C#Cc2ccc(F)cc2)cnc1NC(=O)c1c(Cl)cnn1[C@H]1CC[C@@H](NC(=O)O)CC1. The highest BCUT2D eigenvalue weighted by atomic mass is 35.5. The first-order valence-corrected chi connectivity index (χ1v) is 11.5. The third-order valence-electron chi connectivity index (χ3n) is 5.84. The molecule has 35 heavy (non-hydrogen) atoms. The van der Waals surface area contributed by atoms with Gasteiger partial charge in [-0.25, -0.2) is 14.2 Å². The second-order valence-corrected chi connectivity index (χ2v) is 8.75. The van der Waals surface area contributed by atoms with E-state index in [0.29, 0.717) is 48.2 Å². The Morgan fingerprint density at radius 2 is 1.80 bits per heavy atom. The van der Waals surface area contributed by atoms with Crippen molar-refractivity contribution < 1.29 is 19.1 Å². The summed E-state index contributed by atoms with van der Waals surface area (Å²) in [6, 6.07) is 7.52. The molecule has 1 aromatic carbocycles. The number of carboxylic acid groups (broad SMARTS) is 1. The minimum Gasteiger partial charge on any atom is -0.465 e. The lowest BCUT2D eigenvalue weighted by Gasteiger charge is -2.29. The van der Waals surface area contributed by atoms with Crippen molar-refractivity contribution in [2.45, 2.75) is 44.7 Å². The average molecular weight is 496 g/mol. The molecule has 2 heterocycles. The lowest BCUT2D eigenvalue weighted by molar-refractivity contribution is 0.101. The van der Waals surface area contributed by atoms with E-state index in [1.807, 2.05) is 0 Å². The third kappa shape index (κ3) is 5.97. The van der Waals surface area contributed by atoms with Gasteiger partial charge in [0, 0.05) is 23.4 Å². The number of hydrogen-bond donors (Lipinski definition) is 3. The van der Waals surface area contributed by atoms with Crippen LogP contribution in [0.15, 0.2) is 42.7 Å². The molecule has 1 aliphatic rings. The fourth-order valence-corrected chi connectivity index (χ4v) is 4.30. The number of carbonyl (C=O) groups excluding carboxylic acids is 1. The van der Waals surface area contributed by atoms with Crippen LogP contribution in [0.3, 0.4) is 0 Å². The molecular weight excluding hydrogens is 473 g/mol. The number of carbonyl (C=O) groups is 2. The van der Waals surface area contributed by atoms with Gasteiger partial charge >= 0.3 is 6.09 Å². The standard InChI is InChI=1S/C25H23ClFN5O3/c1-15-12-17(3-2-16-4-6-18(27)7-5-16)13-28-23(15)31-24(33)22-21(26)14-29-32(22)20-10-8-19(9-11-20)30-25(34)35/h4-7,12-14,19-20,30H,8-11H2,1H3,(H,34,35)(H,28,31,33)/t19-,20+. The van der Waals surface area contributed by atoms with Gasteiger partial charge in [0.05, 0.1) is 17.3 Å². The molecule has 0 atom stereocenters. The van der Waals surface area contributed by atoms with Crippen molar-refractivity contribution in [3.63, 3.8) is 0 Å². The summed E-state index contributed by atoms with van der Waals surface area (Å²) in [5, 5.41) is 18.8. The van der Waals surface area contributed by atoms with Crippen molar-refractivity contribution in [2.24, 2.45) is 0 Å². The molecule has 0 bridgehead atoms. The Bertz CT molecular complexity index is 1300. The molecule has 3 N–H and O–H groups in total. The Morgan fingerprint density at radius 3 is 2.46 bits per heavy atom. The van der Waals surface area contributed by atoms with Crippen LogP contribution in [0.1, 0.15) is 58.9 Å². The molecule has 8 nitrogen and oxygen atoms in total. The summed E-state index contributed by atoms with van der Waals surface area (Å²) in [5.41, 5.74) is 2.28. The predicted octanol–water partition coefficient (Wildman–Crippen LogP) is 4.78. The van der Waals surface area contributed by atoms with E-state index in [-0.39, 0.29) is 28.6 Å². The van der Waals surface area contributed by atoms with E-state index in [2.05, 4.69) is 32.6 Å². The lowest BCUT2D eigenvalue weighted by atomic mass is 9.91. The summed E-state index contributed by atoms with van der Waals surface area (Å²) < 4.78 is 14.7. The van der Waals surface area contributed by atoms with E-state index in [1.165, 1.54) is 18.3 Å². The number of aryl methyl sites for hydroxylation is 1. The van der Waals surface area contributed by atoms with E-state index < -0.39 is 12.0 Å². The Morgan fingerprint density at radius 1 is 1.11 bits per heavy atom. The Balaban J connectivity index is 1.45. The van der Waals surface area contributed by atoms with Crippen molar-refractivity contribution in [1.29, 1.82) is 0 Å². The predicted molar refractivity (Wildman–Crippen MR) is 129 cm³/mol. The smallest absolute Gasteiger partial charge is 0.404 e. The molecule has 1 saturated carbocycles. The quantitative estimate of drug-likeness (QED) is 0.451. The van der Waals surface area contributed by atoms with Crippen molar-refractivity contribution in [3.05, 3.63) is 75.9 Å². The molecule has 4 rings (SSSR count). The van der Waals surface area contributed by atoms with Gasteiger partial charge in [-0.05, 0) is 68.5 Å². The van der Waals surface area contributed by atoms with Gasteiger partial charge in [0.25, 0.3) is 5.91 Å². The highest BCUT2D eigenvalue weighted by Gasteiger charge is 2.28. The van der Waals surface area contributed by atoms with Gasteiger partial charge in [0.2, 0.25) is 0 Å². The Labute approximate surface area is 206 Å². The Hall–Kier alpha value is -3.90. The first kappa shape index (κ1) is 24.2. The molecule has 0 aliphatic heterocycles. The van der Waals surface area contributed by atoms with E-state index >= 15 is 0 Å². The monoisotopic (exact) mass is 495 g/mol. The van der Waals surface area contributed by atoms with Gasteiger partial charge in [-0.15, -0.1) is 0 Å². The number of amides is 2. The molecule has 3 aromatic rings. The molecule has 10 heteroatoms. The number of pyridine rings is 1. The molecule has 0 saturated heterocycles. The summed E-state index contributed by atoms with van der Waals surface area (Å²) in [5.74, 6) is 5.56. The molecule has 1 fully saturated rings. The van der Waals surface area contributed by atoms with Crippen LogP contribution >= 0.6 is 11.6 Å². The van der Waals surface area contributed by atoms with Crippen LogP contribution in [-0.4, -0.2) is 37.9 Å². The largest absolute Gasteiger partial charge is 0.465 e. The van der Waals surface area contributed by atoms with E-state index in [4.69, 9.17) is 16.7 Å². The topological polar surface area (TPSA) is 109 Å². The molecule has 180 valence electrons.